The molecular formula is C25H28F3N3O4. The van der Waals surface area contributed by atoms with Gasteiger partial charge in [-0.15, -0.1) is 0 Å². The van der Waals surface area contributed by atoms with E-state index in [1.165, 1.54) is 6.33 Å². The molecule has 3 aromatic rings. The summed E-state index contributed by atoms with van der Waals surface area (Å²) >= 11 is 0. The largest absolute Gasteiger partial charge is 0.490 e. The molecule has 1 heterocycles. The molecule has 3 rings (SSSR count). The second-order valence-electron chi connectivity index (χ2n) is 8.00. The fraction of sp³-hybridized carbons (Fsp3) is 0.320. The topological polar surface area (TPSA) is 105 Å². The fourth-order valence-electron chi connectivity index (χ4n) is 3.13. The van der Waals surface area contributed by atoms with Crippen molar-refractivity contribution in [1.29, 1.82) is 0 Å². The molecule has 7 nitrogen and oxygen atoms in total. The lowest BCUT2D eigenvalue weighted by Gasteiger charge is -2.17. The van der Waals surface area contributed by atoms with E-state index >= 15 is 0 Å². The van der Waals surface area contributed by atoms with Gasteiger partial charge < -0.3 is 20.3 Å². The lowest BCUT2D eigenvalue weighted by atomic mass is 10.0. The van der Waals surface area contributed by atoms with Crippen molar-refractivity contribution in [2.75, 3.05) is 11.9 Å². The molecule has 0 aliphatic carbocycles. The average Bonchev–Trinajstić information content (AvgIpc) is 2.80. The van der Waals surface area contributed by atoms with Crippen LogP contribution in [0, 0.1) is 13.8 Å². The lowest BCUT2D eigenvalue weighted by molar-refractivity contribution is -0.192. The second kappa shape index (κ2) is 12.2. The van der Waals surface area contributed by atoms with Crippen molar-refractivity contribution in [3.8, 4) is 17.0 Å². The minimum absolute atomic E-state index is 0.133. The number of carboxylic acid groups (broad SMARTS) is 1. The Morgan fingerprint density at radius 1 is 1.06 bits per heavy atom. The molecule has 0 radical (unpaired) electrons. The molecule has 10 heteroatoms. The van der Waals surface area contributed by atoms with Crippen molar-refractivity contribution >= 4 is 11.8 Å². The van der Waals surface area contributed by atoms with Gasteiger partial charge in [-0.2, -0.15) is 13.2 Å². The number of ether oxygens (including phenoxy) is 1. The van der Waals surface area contributed by atoms with Crippen molar-refractivity contribution in [3.05, 3.63) is 71.5 Å². The number of nitrogens with zero attached hydrogens (tertiary/aromatic N) is 2. The Morgan fingerprint density at radius 2 is 1.63 bits per heavy atom. The van der Waals surface area contributed by atoms with Gasteiger partial charge in [0.1, 0.15) is 17.9 Å². The number of hydrogen-bond acceptors (Lipinski definition) is 6. The smallest absolute Gasteiger partial charge is 0.490 e. The van der Waals surface area contributed by atoms with Crippen molar-refractivity contribution < 1.29 is 32.9 Å². The van der Waals surface area contributed by atoms with Crippen LogP contribution in [0.3, 0.4) is 0 Å². The maximum Gasteiger partial charge on any atom is 0.490 e. The monoisotopic (exact) mass is 491 g/mol. The second-order valence-corrected chi connectivity index (χ2v) is 8.00. The number of aliphatic hydroxyl groups is 1. The summed E-state index contributed by atoms with van der Waals surface area (Å²) in [5, 5.41) is 20.6. The molecule has 35 heavy (non-hydrogen) atoms. The summed E-state index contributed by atoms with van der Waals surface area (Å²) in [6, 6.07) is 15.6. The normalized spacial score (nSPS) is 11.9. The first-order valence-electron chi connectivity index (χ1n) is 10.8. The highest BCUT2D eigenvalue weighted by Gasteiger charge is 2.38. The Hall–Kier alpha value is -3.66. The average molecular weight is 492 g/mol. The van der Waals surface area contributed by atoms with Crippen LogP contribution in [0.5, 0.6) is 5.75 Å². The number of aliphatic carboxylic acids is 1. The van der Waals surface area contributed by atoms with Crippen molar-refractivity contribution in [1.82, 2.24) is 9.97 Å². The van der Waals surface area contributed by atoms with Crippen LogP contribution < -0.4 is 10.1 Å². The third kappa shape index (κ3) is 8.56. The zero-order valence-corrected chi connectivity index (χ0v) is 19.8. The number of carbonyl (C=O) groups is 1. The standard InChI is InChI=1S/C23H27N3O2.C2HF3O2/c1-15(2)28-23-16(3)10-19(11-17(23)4)20-12-22(26-14-25-20)24-13-21(27)18-8-6-5-7-9-18;3-2(4,5)1(6)7/h5-12,14-15,21,27H,13H2,1-4H3,(H,24,25,26);(H,6,7)/t21-;/m0./s1. The Morgan fingerprint density at radius 3 is 2.14 bits per heavy atom. The molecule has 0 unspecified atom stereocenters. The number of nitrogens with one attached hydrogen (secondary N) is 1. The SMILES string of the molecule is Cc1cc(-c2cc(NC[C@H](O)c3ccccc3)ncn2)cc(C)c1OC(C)C.O=C(O)C(F)(F)F. The van der Waals surface area contributed by atoms with Gasteiger partial charge in [0.2, 0.25) is 0 Å². The number of anilines is 1. The summed E-state index contributed by atoms with van der Waals surface area (Å²) in [7, 11) is 0. The van der Waals surface area contributed by atoms with Gasteiger partial charge in [-0.05, 0) is 56.5 Å². The van der Waals surface area contributed by atoms with Gasteiger partial charge >= 0.3 is 12.1 Å². The lowest BCUT2D eigenvalue weighted by Crippen LogP contribution is -2.21. The van der Waals surface area contributed by atoms with E-state index in [1.54, 1.807) is 0 Å². The van der Waals surface area contributed by atoms with Crippen LogP contribution in [-0.4, -0.2) is 45.0 Å². The van der Waals surface area contributed by atoms with Gasteiger partial charge in [-0.3, -0.25) is 0 Å². The van der Waals surface area contributed by atoms with Crippen molar-refractivity contribution in [3.63, 3.8) is 0 Å². The summed E-state index contributed by atoms with van der Waals surface area (Å²) in [6.07, 6.45) is -4.01. The van der Waals surface area contributed by atoms with Gasteiger partial charge in [0, 0.05) is 18.2 Å². The Kier molecular flexibility index (Phi) is 9.59. The first-order chi connectivity index (χ1) is 16.4. The molecule has 0 aliphatic heterocycles. The Bertz CT molecular complexity index is 1100. The van der Waals surface area contributed by atoms with E-state index in [9.17, 15) is 18.3 Å². The van der Waals surface area contributed by atoms with Crippen LogP contribution in [0.15, 0.2) is 54.9 Å². The van der Waals surface area contributed by atoms with Crippen LogP contribution in [0.4, 0.5) is 19.0 Å². The molecule has 0 saturated heterocycles. The van der Waals surface area contributed by atoms with Crippen LogP contribution in [-0.2, 0) is 4.79 Å². The maximum absolute atomic E-state index is 10.6. The summed E-state index contributed by atoms with van der Waals surface area (Å²) in [5.41, 5.74) is 4.87. The molecule has 188 valence electrons. The van der Waals surface area contributed by atoms with E-state index in [4.69, 9.17) is 14.6 Å². The molecule has 0 bridgehead atoms. The van der Waals surface area contributed by atoms with Gasteiger partial charge in [-0.1, -0.05) is 30.3 Å². The molecule has 1 atom stereocenters. The number of aromatic nitrogens is 2. The zero-order valence-electron chi connectivity index (χ0n) is 19.8. The number of aliphatic hydroxyl groups excluding tert-OH is 1. The molecular weight excluding hydrogens is 463 g/mol. The van der Waals surface area contributed by atoms with Crippen LogP contribution in [0.2, 0.25) is 0 Å². The summed E-state index contributed by atoms with van der Waals surface area (Å²) in [4.78, 5) is 17.6. The van der Waals surface area contributed by atoms with E-state index < -0.39 is 18.2 Å². The molecule has 0 fully saturated rings. The molecule has 1 aromatic heterocycles. The van der Waals surface area contributed by atoms with Gasteiger partial charge in [0.25, 0.3) is 0 Å². The third-order valence-corrected chi connectivity index (χ3v) is 4.68. The number of aryl methyl sites for hydroxylation is 2. The highest BCUT2D eigenvalue weighted by Crippen LogP contribution is 2.30. The zero-order chi connectivity index (χ0) is 26.2. The minimum Gasteiger partial charge on any atom is -0.490 e. The predicted molar refractivity (Wildman–Crippen MR) is 126 cm³/mol. The molecule has 3 N–H and O–H groups in total. The number of alkyl halides is 3. The van der Waals surface area contributed by atoms with Crippen LogP contribution in [0.25, 0.3) is 11.3 Å². The Labute approximate surface area is 201 Å². The third-order valence-electron chi connectivity index (χ3n) is 4.68. The van der Waals surface area contributed by atoms with Gasteiger partial charge in [-0.25, -0.2) is 14.8 Å². The first kappa shape index (κ1) is 27.6. The van der Waals surface area contributed by atoms with Gasteiger partial charge in [0.15, 0.2) is 0 Å². The molecule has 0 amide bonds. The molecule has 2 aromatic carbocycles. The number of carboxylic acids is 1. The highest BCUT2D eigenvalue weighted by atomic mass is 19.4. The van der Waals surface area contributed by atoms with E-state index in [2.05, 4.69) is 27.4 Å². The molecule has 0 aliphatic rings. The van der Waals surface area contributed by atoms with E-state index in [-0.39, 0.29) is 6.10 Å². The van der Waals surface area contributed by atoms with Crippen LogP contribution in [0.1, 0.15) is 36.6 Å². The summed E-state index contributed by atoms with van der Waals surface area (Å²) in [5.74, 6) is -1.15. The summed E-state index contributed by atoms with van der Waals surface area (Å²) < 4.78 is 37.7. The quantitative estimate of drug-likeness (QED) is 0.411. The number of benzene rings is 2. The number of halogens is 3. The first-order valence-corrected chi connectivity index (χ1v) is 10.8. The maximum atomic E-state index is 10.6. The van der Waals surface area contributed by atoms with Crippen LogP contribution >= 0.6 is 0 Å². The fourth-order valence-corrected chi connectivity index (χ4v) is 3.13. The molecule has 0 spiro atoms. The van der Waals surface area contributed by atoms with E-state index in [0.717, 1.165) is 33.7 Å². The number of rotatable bonds is 7. The van der Waals surface area contributed by atoms with Crippen molar-refractivity contribution in [2.45, 2.75) is 46.1 Å². The minimum atomic E-state index is -5.08. The van der Waals surface area contributed by atoms with E-state index in [0.29, 0.717) is 12.4 Å². The highest BCUT2D eigenvalue weighted by molar-refractivity contribution is 5.73. The molecule has 0 saturated carbocycles. The predicted octanol–water partition coefficient (Wildman–Crippen LogP) is 5.33. The number of hydrogen-bond donors (Lipinski definition) is 3. The summed E-state index contributed by atoms with van der Waals surface area (Å²) in [6.45, 7) is 8.52. The van der Waals surface area contributed by atoms with Gasteiger partial charge in [0.05, 0.1) is 17.9 Å². The Balaban J connectivity index is 0.000000540. The van der Waals surface area contributed by atoms with E-state index in [1.807, 2.05) is 64.1 Å². The van der Waals surface area contributed by atoms with Crippen molar-refractivity contribution in [2.24, 2.45) is 0 Å².